The van der Waals surface area contributed by atoms with Crippen molar-refractivity contribution in [3.05, 3.63) is 0 Å². The third-order valence-electron chi connectivity index (χ3n) is 4.20. The van der Waals surface area contributed by atoms with Gasteiger partial charge in [-0.1, -0.05) is 45.2 Å². The zero-order valence-corrected chi connectivity index (χ0v) is 12.8. The van der Waals surface area contributed by atoms with E-state index in [0.29, 0.717) is 17.7 Å². The van der Waals surface area contributed by atoms with Crippen LogP contribution in [0.15, 0.2) is 5.16 Å². The van der Waals surface area contributed by atoms with E-state index in [1.54, 1.807) is 0 Å². The quantitative estimate of drug-likeness (QED) is 0.188. The molecule has 0 bridgehead atoms. The van der Waals surface area contributed by atoms with Crippen molar-refractivity contribution in [1.29, 1.82) is 0 Å². The molecule has 1 rings (SSSR count). The van der Waals surface area contributed by atoms with Crippen molar-refractivity contribution in [2.75, 3.05) is 13.1 Å². The molecule has 112 valence electrons. The number of nitrogens with zero attached hydrogens (tertiary/aromatic N) is 1. The Bertz CT molecular complexity index is 296. The molecule has 0 aromatic rings. The lowest BCUT2D eigenvalue weighted by Gasteiger charge is -2.26. The van der Waals surface area contributed by atoms with Crippen molar-refractivity contribution in [3.8, 4) is 0 Å². The van der Waals surface area contributed by atoms with E-state index in [1.807, 2.05) is 0 Å². The molecular weight excluding hydrogens is 238 g/mol. The largest absolute Gasteiger partial charge is 0.409 e. The van der Waals surface area contributed by atoms with Gasteiger partial charge in [-0.3, -0.25) is 0 Å². The highest BCUT2D eigenvalue weighted by Gasteiger charge is 2.43. The fourth-order valence-electron chi connectivity index (χ4n) is 2.62. The summed E-state index contributed by atoms with van der Waals surface area (Å²) in [5.74, 6) is 0.363. The summed E-state index contributed by atoms with van der Waals surface area (Å²) in [7, 11) is 0. The molecule has 1 fully saturated rings. The summed E-state index contributed by atoms with van der Waals surface area (Å²) in [5, 5.41) is 15.3. The average molecular weight is 269 g/mol. The standard InChI is InChI=1S/C15H31N3O/c1-4-5-6-7-14(2,3)11-17-12-15(8-9-15)10-13(16)18-19/h17,19H,4-12H2,1-3H3,(H2,16,18). The van der Waals surface area contributed by atoms with Crippen LogP contribution in [-0.2, 0) is 0 Å². The van der Waals surface area contributed by atoms with Crippen molar-refractivity contribution >= 4 is 5.84 Å². The first-order chi connectivity index (χ1) is 8.93. The Balaban J connectivity index is 2.22. The number of rotatable bonds is 10. The molecule has 1 aliphatic rings. The molecule has 0 radical (unpaired) electrons. The topological polar surface area (TPSA) is 70.6 Å². The highest BCUT2D eigenvalue weighted by Crippen LogP contribution is 2.48. The van der Waals surface area contributed by atoms with E-state index in [9.17, 15) is 0 Å². The van der Waals surface area contributed by atoms with Gasteiger partial charge in [-0.25, -0.2) is 0 Å². The Labute approximate surface area is 117 Å². The summed E-state index contributed by atoms with van der Waals surface area (Å²) in [6, 6.07) is 0. The first kappa shape index (κ1) is 16.3. The number of hydrogen-bond acceptors (Lipinski definition) is 3. The second-order valence-corrected chi connectivity index (χ2v) is 6.99. The second-order valence-electron chi connectivity index (χ2n) is 6.99. The van der Waals surface area contributed by atoms with Gasteiger partial charge in [-0.05, 0) is 30.1 Å². The number of hydrogen-bond donors (Lipinski definition) is 3. The predicted molar refractivity (Wildman–Crippen MR) is 80.5 cm³/mol. The second kappa shape index (κ2) is 7.13. The Morgan fingerprint density at radius 2 is 2.05 bits per heavy atom. The Morgan fingerprint density at radius 3 is 2.58 bits per heavy atom. The molecular formula is C15H31N3O. The van der Waals surface area contributed by atoms with E-state index in [-0.39, 0.29) is 5.41 Å². The van der Waals surface area contributed by atoms with Crippen LogP contribution >= 0.6 is 0 Å². The average Bonchev–Trinajstić information content (AvgIpc) is 3.08. The molecule has 0 atom stereocenters. The number of nitrogens with one attached hydrogen (secondary N) is 1. The number of unbranched alkanes of at least 4 members (excludes halogenated alkanes) is 2. The maximum atomic E-state index is 8.64. The number of oxime groups is 1. The van der Waals surface area contributed by atoms with E-state index < -0.39 is 0 Å². The van der Waals surface area contributed by atoms with Crippen LogP contribution in [0.1, 0.15) is 65.7 Å². The highest BCUT2D eigenvalue weighted by atomic mass is 16.4. The summed E-state index contributed by atoms with van der Waals surface area (Å²) in [6.45, 7) is 8.95. The van der Waals surface area contributed by atoms with Gasteiger partial charge >= 0.3 is 0 Å². The van der Waals surface area contributed by atoms with Crippen LogP contribution in [0.3, 0.4) is 0 Å². The van der Waals surface area contributed by atoms with Gasteiger partial charge in [-0.2, -0.15) is 0 Å². The lowest BCUT2D eigenvalue weighted by atomic mass is 9.86. The zero-order chi connectivity index (χ0) is 14.4. The molecule has 0 amide bonds. The Morgan fingerprint density at radius 1 is 1.37 bits per heavy atom. The van der Waals surface area contributed by atoms with Gasteiger partial charge in [0.1, 0.15) is 5.84 Å². The summed E-state index contributed by atoms with van der Waals surface area (Å²) in [5.41, 5.74) is 6.23. The van der Waals surface area contributed by atoms with E-state index in [1.165, 1.54) is 38.5 Å². The minimum absolute atomic E-state index is 0.260. The summed E-state index contributed by atoms with van der Waals surface area (Å²) < 4.78 is 0. The molecule has 0 spiro atoms. The van der Waals surface area contributed by atoms with Gasteiger partial charge in [0.2, 0.25) is 0 Å². The normalized spacial score (nSPS) is 18.6. The van der Waals surface area contributed by atoms with Crippen molar-refractivity contribution in [2.45, 2.75) is 65.7 Å². The van der Waals surface area contributed by atoms with Crippen LogP contribution in [0, 0.1) is 10.8 Å². The van der Waals surface area contributed by atoms with Gasteiger partial charge in [-0.15, -0.1) is 0 Å². The smallest absolute Gasteiger partial charge is 0.139 e. The Hall–Kier alpha value is -0.770. The fourth-order valence-corrected chi connectivity index (χ4v) is 2.62. The highest BCUT2D eigenvalue weighted by molar-refractivity contribution is 5.80. The van der Waals surface area contributed by atoms with Crippen molar-refractivity contribution in [2.24, 2.45) is 21.7 Å². The minimum atomic E-state index is 0.260. The SMILES string of the molecule is CCCCCC(C)(C)CNCC1(CC(N)=NO)CC1. The molecule has 1 saturated carbocycles. The van der Waals surface area contributed by atoms with Crippen LogP contribution in [0.2, 0.25) is 0 Å². The lowest BCUT2D eigenvalue weighted by Crippen LogP contribution is -2.35. The Kier molecular flexibility index (Phi) is 6.11. The maximum absolute atomic E-state index is 8.64. The maximum Gasteiger partial charge on any atom is 0.139 e. The van der Waals surface area contributed by atoms with Gasteiger partial charge < -0.3 is 16.3 Å². The van der Waals surface area contributed by atoms with E-state index in [2.05, 4.69) is 31.2 Å². The summed E-state index contributed by atoms with van der Waals surface area (Å²) in [6.07, 6.45) is 8.30. The number of nitrogens with two attached hydrogens (primary N) is 1. The molecule has 0 saturated heterocycles. The van der Waals surface area contributed by atoms with Crippen molar-refractivity contribution < 1.29 is 5.21 Å². The van der Waals surface area contributed by atoms with Gasteiger partial charge in [0, 0.05) is 19.5 Å². The molecule has 4 nitrogen and oxygen atoms in total. The van der Waals surface area contributed by atoms with Crippen molar-refractivity contribution in [3.63, 3.8) is 0 Å². The van der Waals surface area contributed by atoms with Gasteiger partial charge in [0.25, 0.3) is 0 Å². The van der Waals surface area contributed by atoms with Crippen LogP contribution in [0.5, 0.6) is 0 Å². The first-order valence-electron chi connectivity index (χ1n) is 7.60. The van der Waals surface area contributed by atoms with Crippen LogP contribution in [-0.4, -0.2) is 24.1 Å². The van der Waals surface area contributed by atoms with Crippen LogP contribution < -0.4 is 11.1 Å². The molecule has 0 aliphatic heterocycles. The van der Waals surface area contributed by atoms with Crippen LogP contribution in [0.25, 0.3) is 0 Å². The molecule has 19 heavy (non-hydrogen) atoms. The molecule has 0 heterocycles. The fraction of sp³-hybridized carbons (Fsp3) is 0.933. The van der Waals surface area contributed by atoms with Gasteiger partial charge in [0.15, 0.2) is 0 Å². The van der Waals surface area contributed by atoms with E-state index in [0.717, 1.165) is 13.1 Å². The first-order valence-corrected chi connectivity index (χ1v) is 7.60. The third kappa shape index (κ3) is 6.28. The monoisotopic (exact) mass is 269 g/mol. The molecule has 4 heteroatoms. The van der Waals surface area contributed by atoms with Crippen molar-refractivity contribution in [1.82, 2.24) is 5.32 Å². The van der Waals surface area contributed by atoms with Gasteiger partial charge in [0.05, 0.1) is 0 Å². The van der Waals surface area contributed by atoms with Crippen LogP contribution in [0.4, 0.5) is 0 Å². The minimum Gasteiger partial charge on any atom is -0.409 e. The zero-order valence-electron chi connectivity index (χ0n) is 12.8. The molecule has 0 aromatic heterocycles. The molecule has 0 aromatic carbocycles. The van der Waals surface area contributed by atoms with E-state index in [4.69, 9.17) is 10.9 Å². The summed E-state index contributed by atoms with van der Waals surface area (Å²) in [4.78, 5) is 0. The molecule has 1 aliphatic carbocycles. The predicted octanol–water partition coefficient (Wildman–Crippen LogP) is 3.10. The van der Waals surface area contributed by atoms with E-state index >= 15 is 0 Å². The third-order valence-corrected chi connectivity index (χ3v) is 4.20. The number of amidine groups is 1. The molecule has 4 N–H and O–H groups in total. The lowest BCUT2D eigenvalue weighted by molar-refractivity contribution is 0.289. The molecule has 0 unspecified atom stereocenters. The summed E-state index contributed by atoms with van der Waals surface area (Å²) >= 11 is 0.